The predicted molar refractivity (Wildman–Crippen MR) is 82.1 cm³/mol. The number of hydrogen-bond donors (Lipinski definition) is 1. The number of amides is 1. The number of benzene rings is 1. The van der Waals surface area contributed by atoms with E-state index in [1.807, 2.05) is 17.0 Å². The summed E-state index contributed by atoms with van der Waals surface area (Å²) < 4.78 is 10.7. The highest BCUT2D eigenvalue weighted by molar-refractivity contribution is 5.76. The fraction of sp³-hybridized carbons (Fsp3) is 0.562. The molecule has 1 aromatic carbocycles. The molecule has 5 heteroatoms. The lowest BCUT2D eigenvalue weighted by atomic mass is 9.97. The van der Waals surface area contributed by atoms with Crippen LogP contribution in [0.5, 0.6) is 5.75 Å². The van der Waals surface area contributed by atoms with E-state index in [2.05, 4.69) is 0 Å². The van der Waals surface area contributed by atoms with Crippen molar-refractivity contribution in [2.75, 3.05) is 39.1 Å². The normalized spacial score (nSPS) is 16.0. The monoisotopic (exact) mass is 292 g/mol. The maximum atomic E-state index is 12.1. The molecule has 1 heterocycles. The molecule has 1 aliphatic heterocycles. The standard InChI is InChI=1S/C16H24N2O3/c1-20-12-13-6-9-18(10-7-13)16(19)8-11-21-15-4-2-14(17)3-5-15/h2-5,13H,6-12,17H2,1H3. The van der Waals surface area contributed by atoms with Crippen LogP contribution in [0.3, 0.4) is 0 Å². The summed E-state index contributed by atoms with van der Waals surface area (Å²) in [5, 5.41) is 0. The molecule has 0 aromatic heterocycles. The first-order chi connectivity index (χ1) is 10.2. The van der Waals surface area contributed by atoms with E-state index in [1.54, 1.807) is 19.2 Å². The molecule has 2 rings (SSSR count). The van der Waals surface area contributed by atoms with Gasteiger partial charge in [-0.25, -0.2) is 0 Å². The average molecular weight is 292 g/mol. The molecule has 1 amide bonds. The van der Waals surface area contributed by atoms with E-state index in [0.717, 1.165) is 38.3 Å². The molecule has 1 saturated heterocycles. The smallest absolute Gasteiger partial charge is 0.225 e. The molecule has 1 fully saturated rings. The highest BCUT2D eigenvalue weighted by Gasteiger charge is 2.22. The third kappa shape index (κ3) is 4.93. The summed E-state index contributed by atoms with van der Waals surface area (Å²) in [5.41, 5.74) is 6.31. The minimum atomic E-state index is 0.168. The molecule has 0 unspecified atom stereocenters. The Morgan fingerprint density at radius 3 is 2.57 bits per heavy atom. The fourth-order valence-corrected chi connectivity index (χ4v) is 2.56. The number of ether oxygens (including phenoxy) is 2. The van der Waals surface area contributed by atoms with Gasteiger partial charge in [0.2, 0.25) is 5.91 Å². The molecule has 0 aliphatic carbocycles. The summed E-state index contributed by atoms with van der Waals surface area (Å²) >= 11 is 0. The number of nitrogen functional groups attached to an aromatic ring is 1. The van der Waals surface area contributed by atoms with Gasteiger partial charge in [-0.1, -0.05) is 0 Å². The van der Waals surface area contributed by atoms with Gasteiger partial charge in [0.1, 0.15) is 5.75 Å². The molecule has 5 nitrogen and oxygen atoms in total. The van der Waals surface area contributed by atoms with Gasteiger partial charge in [-0.15, -0.1) is 0 Å². The van der Waals surface area contributed by atoms with E-state index in [-0.39, 0.29) is 5.91 Å². The van der Waals surface area contributed by atoms with E-state index in [0.29, 0.717) is 24.6 Å². The van der Waals surface area contributed by atoms with E-state index >= 15 is 0 Å². The predicted octanol–water partition coefficient (Wildman–Crippen LogP) is 1.92. The van der Waals surface area contributed by atoms with Crippen LogP contribution in [0.4, 0.5) is 5.69 Å². The lowest BCUT2D eigenvalue weighted by Crippen LogP contribution is -2.39. The maximum absolute atomic E-state index is 12.1. The number of piperidine rings is 1. The quantitative estimate of drug-likeness (QED) is 0.814. The molecule has 1 aliphatic rings. The minimum Gasteiger partial charge on any atom is -0.493 e. The Morgan fingerprint density at radius 1 is 1.29 bits per heavy atom. The maximum Gasteiger partial charge on any atom is 0.225 e. The SMILES string of the molecule is COCC1CCN(C(=O)CCOc2ccc(N)cc2)CC1. The first-order valence-electron chi connectivity index (χ1n) is 7.44. The Balaban J connectivity index is 1.67. The van der Waals surface area contributed by atoms with Crippen molar-refractivity contribution >= 4 is 11.6 Å². The lowest BCUT2D eigenvalue weighted by Gasteiger charge is -2.31. The third-order valence-corrected chi connectivity index (χ3v) is 3.83. The number of nitrogens with two attached hydrogens (primary N) is 1. The van der Waals surface area contributed by atoms with Gasteiger partial charge in [0.05, 0.1) is 13.0 Å². The van der Waals surface area contributed by atoms with Crippen LogP contribution in [0.1, 0.15) is 19.3 Å². The van der Waals surface area contributed by atoms with E-state index in [9.17, 15) is 4.79 Å². The van der Waals surface area contributed by atoms with Gasteiger partial charge in [-0.05, 0) is 43.0 Å². The van der Waals surface area contributed by atoms with Gasteiger partial charge in [0.25, 0.3) is 0 Å². The first-order valence-corrected chi connectivity index (χ1v) is 7.44. The summed E-state index contributed by atoms with van der Waals surface area (Å²) in [6, 6.07) is 7.21. The van der Waals surface area contributed by atoms with Gasteiger partial charge in [-0.2, -0.15) is 0 Å². The molecular weight excluding hydrogens is 268 g/mol. The highest BCUT2D eigenvalue weighted by atomic mass is 16.5. The van der Waals surface area contributed by atoms with Crippen LogP contribution < -0.4 is 10.5 Å². The Kier molecular flexibility index (Phi) is 5.87. The van der Waals surface area contributed by atoms with Crippen LogP contribution in [0.2, 0.25) is 0 Å². The Bertz CT molecular complexity index is 439. The Hall–Kier alpha value is -1.75. The van der Waals surface area contributed by atoms with Crippen molar-refractivity contribution in [1.29, 1.82) is 0 Å². The molecule has 21 heavy (non-hydrogen) atoms. The second-order valence-corrected chi connectivity index (χ2v) is 5.45. The molecule has 0 bridgehead atoms. The third-order valence-electron chi connectivity index (χ3n) is 3.83. The van der Waals surface area contributed by atoms with Crippen molar-refractivity contribution in [3.63, 3.8) is 0 Å². The summed E-state index contributed by atoms with van der Waals surface area (Å²) in [7, 11) is 1.73. The van der Waals surface area contributed by atoms with Crippen molar-refractivity contribution < 1.29 is 14.3 Å². The van der Waals surface area contributed by atoms with Crippen LogP contribution in [0.15, 0.2) is 24.3 Å². The molecular formula is C16H24N2O3. The number of rotatable bonds is 6. The van der Waals surface area contributed by atoms with Crippen molar-refractivity contribution in [1.82, 2.24) is 4.90 Å². The molecule has 1 aromatic rings. The van der Waals surface area contributed by atoms with Gasteiger partial charge in [0, 0.05) is 32.5 Å². The van der Waals surface area contributed by atoms with Crippen molar-refractivity contribution in [2.24, 2.45) is 5.92 Å². The summed E-state index contributed by atoms with van der Waals surface area (Å²) in [6.07, 6.45) is 2.47. The number of carbonyl (C=O) groups excluding carboxylic acids is 1. The number of likely N-dealkylation sites (tertiary alicyclic amines) is 1. The molecule has 116 valence electrons. The molecule has 0 saturated carbocycles. The second kappa shape index (κ2) is 7.88. The molecule has 0 spiro atoms. The first kappa shape index (κ1) is 15.6. The summed E-state index contributed by atoms with van der Waals surface area (Å²) in [6.45, 7) is 2.85. The largest absolute Gasteiger partial charge is 0.493 e. The number of hydrogen-bond acceptors (Lipinski definition) is 4. The summed E-state index contributed by atoms with van der Waals surface area (Å²) in [4.78, 5) is 14.0. The van der Waals surface area contributed by atoms with Crippen LogP contribution in [0.25, 0.3) is 0 Å². The molecule has 0 atom stereocenters. The van der Waals surface area contributed by atoms with E-state index in [1.165, 1.54) is 0 Å². The van der Waals surface area contributed by atoms with Crippen molar-refractivity contribution in [2.45, 2.75) is 19.3 Å². The lowest BCUT2D eigenvalue weighted by molar-refractivity contribution is -0.133. The van der Waals surface area contributed by atoms with Gasteiger partial charge in [-0.3, -0.25) is 4.79 Å². The minimum absolute atomic E-state index is 0.168. The average Bonchev–Trinajstić information content (AvgIpc) is 2.50. The highest BCUT2D eigenvalue weighted by Crippen LogP contribution is 2.18. The van der Waals surface area contributed by atoms with Crippen LogP contribution >= 0.6 is 0 Å². The van der Waals surface area contributed by atoms with Gasteiger partial charge in [0.15, 0.2) is 0 Å². The van der Waals surface area contributed by atoms with Crippen LogP contribution in [-0.2, 0) is 9.53 Å². The zero-order chi connectivity index (χ0) is 15.1. The number of nitrogens with zero attached hydrogens (tertiary/aromatic N) is 1. The topological polar surface area (TPSA) is 64.8 Å². The Labute approximate surface area is 126 Å². The fourth-order valence-electron chi connectivity index (χ4n) is 2.56. The van der Waals surface area contributed by atoms with Crippen molar-refractivity contribution in [3.8, 4) is 5.75 Å². The zero-order valence-corrected chi connectivity index (χ0v) is 12.6. The van der Waals surface area contributed by atoms with E-state index < -0.39 is 0 Å². The number of carbonyl (C=O) groups is 1. The van der Waals surface area contributed by atoms with Gasteiger partial charge < -0.3 is 20.1 Å². The van der Waals surface area contributed by atoms with Crippen molar-refractivity contribution in [3.05, 3.63) is 24.3 Å². The number of methoxy groups -OCH3 is 1. The number of anilines is 1. The zero-order valence-electron chi connectivity index (χ0n) is 12.6. The van der Waals surface area contributed by atoms with Gasteiger partial charge >= 0.3 is 0 Å². The summed E-state index contributed by atoms with van der Waals surface area (Å²) in [5.74, 6) is 1.50. The molecule has 0 radical (unpaired) electrons. The Morgan fingerprint density at radius 2 is 1.95 bits per heavy atom. The van der Waals surface area contributed by atoms with E-state index in [4.69, 9.17) is 15.2 Å². The van der Waals surface area contributed by atoms with Crippen LogP contribution in [-0.4, -0.2) is 44.2 Å². The second-order valence-electron chi connectivity index (χ2n) is 5.45. The van der Waals surface area contributed by atoms with Crippen LogP contribution in [0, 0.1) is 5.92 Å². The molecule has 2 N–H and O–H groups in total.